The van der Waals surface area contributed by atoms with E-state index in [4.69, 9.17) is 4.74 Å². The van der Waals surface area contributed by atoms with Crippen molar-refractivity contribution in [2.24, 2.45) is 5.92 Å². The molecule has 2 rings (SSSR count). The van der Waals surface area contributed by atoms with Crippen LogP contribution in [0.3, 0.4) is 0 Å². The van der Waals surface area contributed by atoms with E-state index < -0.39 is 0 Å². The van der Waals surface area contributed by atoms with E-state index in [1.165, 1.54) is 0 Å². The van der Waals surface area contributed by atoms with Crippen LogP contribution in [0.15, 0.2) is 0 Å². The number of nitrogens with one attached hydrogen (secondary N) is 1. The SMILES string of the molecule is CC1COCC(C)N1C(=O)[C@@H]1CCNC1.Cl. The lowest BCUT2D eigenvalue weighted by molar-refractivity contribution is -0.147. The topological polar surface area (TPSA) is 41.6 Å². The molecule has 0 radical (unpaired) electrons. The van der Waals surface area contributed by atoms with Crippen LogP contribution < -0.4 is 5.32 Å². The highest BCUT2D eigenvalue weighted by Crippen LogP contribution is 2.19. The van der Waals surface area contributed by atoms with Crippen molar-refractivity contribution in [1.29, 1.82) is 0 Å². The number of hydrogen-bond donors (Lipinski definition) is 1. The zero-order valence-corrected chi connectivity index (χ0v) is 10.8. The normalized spacial score (nSPS) is 34.6. The van der Waals surface area contributed by atoms with Gasteiger partial charge in [-0.1, -0.05) is 0 Å². The van der Waals surface area contributed by atoms with E-state index in [2.05, 4.69) is 19.2 Å². The van der Waals surface area contributed by atoms with Crippen molar-refractivity contribution in [2.45, 2.75) is 32.4 Å². The lowest BCUT2D eigenvalue weighted by Crippen LogP contribution is -2.54. The van der Waals surface area contributed by atoms with Gasteiger partial charge < -0.3 is 15.0 Å². The fourth-order valence-corrected chi connectivity index (χ4v) is 2.51. The third-order valence-electron chi connectivity index (χ3n) is 3.33. The lowest BCUT2D eigenvalue weighted by Gasteiger charge is -2.40. The van der Waals surface area contributed by atoms with E-state index >= 15 is 0 Å². The Morgan fingerprint density at radius 3 is 2.44 bits per heavy atom. The van der Waals surface area contributed by atoms with E-state index in [9.17, 15) is 4.79 Å². The Morgan fingerprint density at radius 2 is 1.94 bits per heavy atom. The summed E-state index contributed by atoms with van der Waals surface area (Å²) in [4.78, 5) is 14.3. The standard InChI is InChI=1S/C11H20N2O2.ClH/c1-8-6-15-7-9(2)13(8)11(14)10-3-4-12-5-10;/h8-10,12H,3-7H2,1-2H3;1H/t8?,9?,10-;/m1./s1. The molecule has 5 heteroatoms. The molecule has 94 valence electrons. The molecule has 0 aromatic heterocycles. The van der Waals surface area contributed by atoms with Gasteiger partial charge in [0.15, 0.2) is 0 Å². The zero-order chi connectivity index (χ0) is 10.8. The predicted octanol–water partition coefficient (Wildman–Crippen LogP) is 0.653. The number of ether oxygens (including phenoxy) is 1. The molecule has 1 amide bonds. The molecule has 3 atom stereocenters. The second-order valence-electron chi connectivity index (χ2n) is 4.67. The first-order chi connectivity index (χ1) is 7.20. The Bertz CT molecular complexity index is 234. The third kappa shape index (κ3) is 2.67. The maximum absolute atomic E-state index is 12.3. The van der Waals surface area contributed by atoms with Crippen molar-refractivity contribution in [1.82, 2.24) is 10.2 Å². The Balaban J connectivity index is 0.00000128. The van der Waals surface area contributed by atoms with Crippen LogP contribution in [0.4, 0.5) is 0 Å². The first kappa shape index (κ1) is 13.7. The van der Waals surface area contributed by atoms with Crippen molar-refractivity contribution in [3.05, 3.63) is 0 Å². The quantitative estimate of drug-likeness (QED) is 0.741. The monoisotopic (exact) mass is 248 g/mol. The van der Waals surface area contributed by atoms with Crippen LogP contribution in [0.25, 0.3) is 0 Å². The summed E-state index contributed by atoms with van der Waals surface area (Å²) in [7, 11) is 0. The molecule has 2 aliphatic heterocycles. The fourth-order valence-electron chi connectivity index (χ4n) is 2.51. The molecule has 2 saturated heterocycles. The maximum Gasteiger partial charge on any atom is 0.227 e. The molecule has 0 saturated carbocycles. The fraction of sp³-hybridized carbons (Fsp3) is 0.909. The number of morpholine rings is 1. The highest BCUT2D eigenvalue weighted by Gasteiger charge is 2.34. The van der Waals surface area contributed by atoms with Crippen LogP contribution in [-0.4, -0.2) is 49.2 Å². The smallest absolute Gasteiger partial charge is 0.227 e. The van der Waals surface area contributed by atoms with Crippen LogP contribution in [-0.2, 0) is 9.53 Å². The molecule has 0 aliphatic carbocycles. The predicted molar refractivity (Wildman–Crippen MR) is 64.8 cm³/mol. The van der Waals surface area contributed by atoms with Gasteiger partial charge in [0.1, 0.15) is 0 Å². The molecule has 0 bridgehead atoms. The van der Waals surface area contributed by atoms with Gasteiger partial charge >= 0.3 is 0 Å². The molecule has 2 fully saturated rings. The van der Waals surface area contributed by atoms with Crippen LogP contribution >= 0.6 is 12.4 Å². The average molecular weight is 249 g/mol. The van der Waals surface area contributed by atoms with Crippen molar-refractivity contribution >= 4 is 18.3 Å². The van der Waals surface area contributed by atoms with Crippen molar-refractivity contribution < 1.29 is 9.53 Å². The first-order valence-electron chi connectivity index (χ1n) is 5.80. The number of nitrogens with zero attached hydrogens (tertiary/aromatic N) is 1. The highest BCUT2D eigenvalue weighted by molar-refractivity contribution is 5.85. The maximum atomic E-state index is 12.3. The van der Waals surface area contributed by atoms with Gasteiger partial charge in [0.05, 0.1) is 31.2 Å². The lowest BCUT2D eigenvalue weighted by atomic mass is 10.0. The molecular formula is C11H21ClN2O2. The number of carbonyl (C=O) groups excluding carboxylic acids is 1. The van der Waals surface area contributed by atoms with Crippen molar-refractivity contribution in [2.75, 3.05) is 26.3 Å². The summed E-state index contributed by atoms with van der Waals surface area (Å²) in [5, 5.41) is 3.24. The molecule has 2 aliphatic rings. The van der Waals surface area contributed by atoms with Gasteiger partial charge in [-0.25, -0.2) is 0 Å². The number of carbonyl (C=O) groups is 1. The third-order valence-corrected chi connectivity index (χ3v) is 3.33. The summed E-state index contributed by atoms with van der Waals surface area (Å²) in [6.07, 6.45) is 0.982. The van der Waals surface area contributed by atoms with Gasteiger partial charge in [0, 0.05) is 6.54 Å². The molecule has 2 unspecified atom stereocenters. The summed E-state index contributed by atoms with van der Waals surface area (Å²) >= 11 is 0. The van der Waals surface area contributed by atoms with Gasteiger partial charge in [-0.3, -0.25) is 4.79 Å². The van der Waals surface area contributed by atoms with Crippen LogP contribution in [0.2, 0.25) is 0 Å². The number of halogens is 1. The van der Waals surface area contributed by atoms with Crippen LogP contribution in [0.5, 0.6) is 0 Å². The second kappa shape index (κ2) is 5.84. The number of rotatable bonds is 1. The summed E-state index contributed by atoms with van der Waals surface area (Å²) in [5.74, 6) is 0.497. The minimum absolute atomic E-state index is 0. The van der Waals surface area contributed by atoms with Gasteiger partial charge in [0.25, 0.3) is 0 Å². The largest absolute Gasteiger partial charge is 0.377 e. The van der Waals surface area contributed by atoms with Crippen LogP contribution in [0, 0.1) is 5.92 Å². The Hall–Kier alpha value is -0.320. The van der Waals surface area contributed by atoms with Gasteiger partial charge in [-0.15, -0.1) is 12.4 Å². The van der Waals surface area contributed by atoms with Gasteiger partial charge in [0.2, 0.25) is 5.91 Å². The van der Waals surface area contributed by atoms with Crippen molar-refractivity contribution in [3.8, 4) is 0 Å². The Morgan fingerprint density at radius 1 is 1.31 bits per heavy atom. The molecular weight excluding hydrogens is 228 g/mol. The molecule has 1 N–H and O–H groups in total. The summed E-state index contributed by atoms with van der Waals surface area (Å²) in [6.45, 7) is 7.30. The molecule has 0 aromatic rings. The van der Waals surface area contributed by atoms with Crippen LogP contribution in [0.1, 0.15) is 20.3 Å². The molecule has 0 spiro atoms. The van der Waals surface area contributed by atoms with E-state index in [0.717, 1.165) is 19.5 Å². The van der Waals surface area contributed by atoms with E-state index in [1.807, 2.05) is 4.90 Å². The molecule has 0 aromatic carbocycles. The van der Waals surface area contributed by atoms with E-state index in [-0.39, 0.29) is 30.4 Å². The summed E-state index contributed by atoms with van der Waals surface area (Å²) in [6, 6.07) is 0.448. The number of hydrogen-bond acceptors (Lipinski definition) is 3. The molecule has 16 heavy (non-hydrogen) atoms. The van der Waals surface area contributed by atoms with E-state index in [1.54, 1.807) is 0 Å². The average Bonchev–Trinajstić information content (AvgIpc) is 2.69. The Labute approximate surface area is 103 Å². The molecule has 2 heterocycles. The minimum atomic E-state index is 0. The minimum Gasteiger partial charge on any atom is -0.377 e. The van der Waals surface area contributed by atoms with Gasteiger partial charge in [-0.2, -0.15) is 0 Å². The highest BCUT2D eigenvalue weighted by atomic mass is 35.5. The Kier molecular flexibility index (Phi) is 5.02. The molecule has 4 nitrogen and oxygen atoms in total. The first-order valence-corrected chi connectivity index (χ1v) is 5.80. The van der Waals surface area contributed by atoms with Gasteiger partial charge in [-0.05, 0) is 26.8 Å². The van der Waals surface area contributed by atoms with E-state index in [0.29, 0.717) is 19.1 Å². The zero-order valence-electron chi connectivity index (χ0n) is 9.94. The van der Waals surface area contributed by atoms with Crippen molar-refractivity contribution in [3.63, 3.8) is 0 Å². The summed E-state index contributed by atoms with van der Waals surface area (Å²) in [5.41, 5.74) is 0. The summed E-state index contributed by atoms with van der Waals surface area (Å²) < 4.78 is 5.43. The number of amides is 1. The second-order valence-corrected chi connectivity index (χ2v) is 4.67.